The number of benzene rings is 1. The summed E-state index contributed by atoms with van der Waals surface area (Å²) in [7, 11) is 1.49. The number of halogens is 1. The number of nitrogens with two attached hydrogens (primary N) is 1. The third kappa shape index (κ3) is 4.87. The number of ether oxygens (including phenoxy) is 1. The molecule has 1 aliphatic carbocycles. The van der Waals surface area contributed by atoms with Crippen LogP contribution < -0.4 is 16.0 Å². The number of methoxy groups -OCH3 is 1. The number of thioether (sulfide) groups is 1. The molecule has 1 unspecified atom stereocenters. The predicted octanol–water partition coefficient (Wildman–Crippen LogP) is 3.27. The van der Waals surface area contributed by atoms with Crippen LogP contribution >= 0.6 is 11.8 Å². The molecule has 3 nitrogen and oxygen atoms in total. The van der Waals surface area contributed by atoms with Gasteiger partial charge in [-0.05, 0) is 30.9 Å². The number of nitrogens with one attached hydrogen (secondary N) is 1. The zero-order chi connectivity index (χ0) is 15.1. The van der Waals surface area contributed by atoms with E-state index in [0.29, 0.717) is 17.7 Å². The van der Waals surface area contributed by atoms with Crippen LogP contribution in [0.5, 0.6) is 5.75 Å². The summed E-state index contributed by atoms with van der Waals surface area (Å²) in [6, 6.07) is 5.34. The normalized spacial score (nSPS) is 17.7. The minimum atomic E-state index is -0.275. The molecular formula is C16H25FN2OS. The molecule has 1 saturated carbocycles. The summed E-state index contributed by atoms with van der Waals surface area (Å²) in [5.74, 6) is 6.57. The smallest absolute Gasteiger partial charge is 0.168 e. The highest BCUT2D eigenvalue weighted by atomic mass is 32.2. The van der Waals surface area contributed by atoms with E-state index < -0.39 is 0 Å². The van der Waals surface area contributed by atoms with Crippen LogP contribution in [0, 0.1) is 5.82 Å². The first-order valence-electron chi connectivity index (χ1n) is 7.63. The van der Waals surface area contributed by atoms with Crippen LogP contribution in [0.4, 0.5) is 4.39 Å². The maximum Gasteiger partial charge on any atom is 0.168 e. The first kappa shape index (κ1) is 16.6. The molecule has 0 saturated heterocycles. The summed E-state index contributed by atoms with van der Waals surface area (Å²) >= 11 is 1.97. The van der Waals surface area contributed by atoms with E-state index in [4.69, 9.17) is 10.6 Å². The third-order valence-electron chi connectivity index (χ3n) is 4.05. The van der Waals surface area contributed by atoms with Crippen molar-refractivity contribution >= 4 is 11.8 Å². The van der Waals surface area contributed by atoms with Crippen molar-refractivity contribution in [2.45, 2.75) is 49.8 Å². The van der Waals surface area contributed by atoms with Crippen molar-refractivity contribution < 1.29 is 9.13 Å². The summed E-state index contributed by atoms with van der Waals surface area (Å²) < 4.78 is 19.2. The van der Waals surface area contributed by atoms with Crippen LogP contribution in [0.15, 0.2) is 18.2 Å². The summed E-state index contributed by atoms with van der Waals surface area (Å²) in [5.41, 5.74) is 3.48. The maximum atomic E-state index is 14.2. The Labute approximate surface area is 130 Å². The van der Waals surface area contributed by atoms with Gasteiger partial charge in [0.05, 0.1) is 7.11 Å². The summed E-state index contributed by atoms with van der Waals surface area (Å²) in [6.45, 7) is 0. The SMILES string of the molecule is COc1cccc(CC(CSC2CCCCC2)NN)c1F. The summed E-state index contributed by atoms with van der Waals surface area (Å²) in [4.78, 5) is 0. The second kappa shape index (κ2) is 8.61. The van der Waals surface area contributed by atoms with E-state index in [1.807, 2.05) is 17.8 Å². The minimum absolute atomic E-state index is 0.0820. The third-order valence-corrected chi connectivity index (χ3v) is 5.59. The maximum absolute atomic E-state index is 14.2. The molecule has 0 radical (unpaired) electrons. The topological polar surface area (TPSA) is 47.3 Å². The van der Waals surface area contributed by atoms with E-state index in [2.05, 4.69) is 5.43 Å². The molecule has 1 atom stereocenters. The van der Waals surface area contributed by atoms with Gasteiger partial charge in [-0.15, -0.1) is 0 Å². The van der Waals surface area contributed by atoms with Crippen LogP contribution in [0.25, 0.3) is 0 Å². The van der Waals surface area contributed by atoms with Gasteiger partial charge in [0.1, 0.15) is 0 Å². The number of hydrogen-bond acceptors (Lipinski definition) is 4. The Kier molecular flexibility index (Phi) is 6.80. The molecule has 0 spiro atoms. The van der Waals surface area contributed by atoms with Gasteiger partial charge < -0.3 is 4.74 Å². The van der Waals surface area contributed by atoms with Crippen molar-refractivity contribution in [3.05, 3.63) is 29.6 Å². The second-order valence-electron chi connectivity index (χ2n) is 5.59. The van der Waals surface area contributed by atoms with E-state index in [-0.39, 0.29) is 11.9 Å². The average molecular weight is 312 g/mol. The molecule has 1 fully saturated rings. The second-order valence-corrected chi connectivity index (χ2v) is 6.93. The molecule has 1 aromatic carbocycles. The van der Waals surface area contributed by atoms with Crippen molar-refractivity contribution in [1.82, 2.24) is 5.43 Å². The zero-order valence-electron chi connectivity index (χ0n) is 12.6. The minimum Gasteiger partial charge on any atom is -0.494 e. The summed E-state index contributed by atoms with van der Waals surface area (Å²) in [6.07, 6.45) is 7.22. The molecular weight excluding hydrogens is 287 g/mol. The standard InChI is InChI=1S/C16H25FN2OS/c1-20-15-9-5-6-12(16(15)17)10-13(19-18)11-21-14-7-3-2-4-8-14/h5-6,9,13-14,19H,2-4,7-8,10-11,18H2,1H3. The van der Waals surface area contributed by atoms with Crippen LogP contribution in [0.2, 0.25) is 0 Å². The lowest BCUT2D eigenvalue weighted by Crippen LogP contribution is -2.39. The Balaban J connectivity index is 1.89. The largest absolute Gasteiger partial charge is 0.494 e. The van der Waals surface area contributed by atoms with Gasteiger partial charge in [-0.1, -0.05) is 31.4 Å². The van der Waals surface area contributed by atoms with Gasteiger partial charge in [0.25, 0.3) is 0 Å². The van der Waals surface area contributed by atoms with E-state index in [9.17, 15) is 4.39 Å². The molecule has 0 heterocycles. The molecule has 1 aliphatic rings. The zero-order valence-corrected chi connectivity index (χ0v) is 13.4. The number of hydrogen-bond donors (Lipinski definition) is 2. The van der Waals surface area contributed by atoms with E-state index in [1.54, 1.807) is 12.1 Å². The van der Waals surface area contributed by atoms with Crippen molar-refractivity contribution in [1.29, 1.82) is 0 Å². The molecule has 0 amide bonds. The van der Waals surface area contributed by atoms with Crippen molar-refractivity contribution in [2.75, 3.05) is 12.9 Å². The van der Waals surface area contributed by atoms with Crippen LogP contribution in [0.3, 0.4) is 0 Å². The lowest BCUT2D eigenvalue weighted by molar-refractivity contribution is 0.383. The Morgan fingerprint density at radius 2 is 2.14 bits per heavy atom. The first-order chi connectivity index (χ1) is 10.2. The Hall–Kier alpha value is -0.780. The lowest BCUT2D eigenvalue weighted by atomic mass is 10.0. The number of hydrazine groups is 1. The highest BCUT2D eigenvalue weighted by molar-refractivity contribution is 7.99. The lowest BCUT2D eigenvalue weighted by Gasteiger charge is -2.24. The Morgan fingerprint density at radius 1 is 1.38 bits per heavy atom. The molecule has 0 bridgehead atoms. The van der Waals surface area contributed by atoms with Gasteiger partial charge in [-0.3, -0.25) is 11.3 Å². The molecule has 2 rings (SSSR count). The fourth-order valence-corrected chi connectivity index (χ4v) is 4.17. The number of rotatable bonds is 7. The quantitative estimate of drug-likeness (QED) is 0.599. The average Bonchev–Trinajstić information content (AvgIpc) is 2.54. The van der Waals surface area contributed by atoms with E-state index in [0.717, 1.165) is 11.0 Å². The fraction of sp³-hybridized carbons (Fsp3) is 0.625. The molecule has 0 aromatic heterocycles. The van der Waals surface area contributed by atoms with E-state index >= 15 is 0 Å². The Bertz CT molecular complexity index is 438. The molecule has 5 heteroatoms. The highest BCUT2D eigenvalue weighted by Gasteiger charge is 2.18. The molecule has 3 N–H and O–H groups in total. The Morgan fingerprint density at radius 3 is 2.81 bits per heavy atom. The molecule has 21 heavy (non-hydrogen) atoms. The van der Waals surface area contributed by atoms with E-state index in [1.165, 1.54) is 39.2 Å². The van der Waals surface area contributed by atoms with Gasteiger partial charge in [0.15, 0.2) is 11.6 Å². The van der Waals surface area contributed by atoms with Crippen LogP contribution in [-0.4, -0.2) is 24.2 Å². The van der Waals surface area contributed by atoms with Crippen LogP contribution in [0.1, 0.15) is 37.7 Å². The van der Waals surface area contributed by atoms with Gasteiger partial charge in [-0.2, -0.15) is 11.8 Å². The van der Waals surface area contributed by atoms with Crippen molar-refractivity contribution in [3.8, 4) is 5.75 Å². The van der Waals surface area contributed by atoms with Gasteiger partial charge in [-0.25, -0.2) is 4.39 Å². The van der Waals surface area contributed by atoms with Gasteiger partial charge in [0, 0.05) is 17.0 Å². The van der Waals surface area contributed by atoms with Crippen molar-refractivity contribution in [3.63, 3.8) is 0 Å². The molecule has 1 aromatic rings. The monoisotopic (exact) mass is 312 g/mol. The van der Waals surface area contributed by atoms with Gasteiger partial charge >= 0.3 is 0 Å². The summed E-state index contributed by atoms with van der Waals surface area (Å²) in [5, 5.41) is 0.741. The molecule has 118 valence electrons. The van der Waals surface area contributed by atoms with Crippen molar-refractivity contribution in [2.24, 2.45) is 5.84 Å². The first-order valence-corrected chi connectivity index (χ1v) is 8.68. The van der Waals surface area contributed by atoms with Gasteiger partial charge in [0.2, 0.25) is 0 Å². The predicted molar refractivity (Wildman–Crippen MR) is 87.1 cm³/mol. The molecule has 0 aliphatic heterocycles. The highest BCUT2D eigenvalue weighted by Crippen LogP contribution is 2.29. The van der Waals surface area contributed by atoms with Crippen LogP contribution in [-0.2, 0) is 6.42 Å². The fourth-order valence-electron chi connectivity index (χ4n) is 2.79.